The molecule has 26 heavy (non-hydrogen) atoms. The number of amides is 1. The summed E-state index contributed by atoms with van der Waals surface area (Å²) in [7, 11) is 0. The van der Waals surface area contributed by atoms with Crippen LogP contribution in [0.3, 0.4) is 0 Å². The number of rotatable bonds is 5. The van der Waals surface area contributed by atoms with Gasteiger partial charge in [-0.15, -0.1) is 0 Å². The molecular weight excluding hydrogens is 332 g/mol. The first kappa shape index (κ1) is 16.7. The van der Waals surface area contributed by atoms with Crippen LogP contribution in [0.1, 0.15) is 5.56 Å². The van der Waals surface area contributed by atoms with Gasteiger partial charge in [0.15, 0.2) is 18.0 Å². The number of aromatic nitrogens is 1. The van der Waals surface area contributed by atoms with Crippen molar-refractivity contribution in [1.29, 1.82) is 0 Å². The molecule has 2 aromatic rings. The molecule has 1 aromatic carbocycles. The summed E-state index contributed by atoms with van der Waals surface area (Å²) in [6.45, 7) is 5.10. The molecule has 7 heteroatoms. The molecule has 1 aromatic heterocycles. The van der Waals surface area contributed by atoms with Crippen LogP contribution in [0, 0.1) is 0 Å². The van der Waals surface area contributed by atoms with Gasteiger partial charge >= 0.3 is 0 Å². The van der Waals surface area contributed by atoms with Gasteiger partial charge < -0.3 is 19.7 Å². The summed E-state index contributed by atoms with van der Waals surface area (Å²) in [5.74, 6) is 2.73. The number of hydrogen-bond donors (Lipinski definition) is 2. The van der Waals surface area contributed by atoms with Crippen molar-refractivity contribution in [3.05, 3.63) is 48.2 Å². The lowest BCUT2D eigenvalue weighted by Gasteiger charge is -2.27. The van der Waals surface area contributed by atoms with Gasteiger partial charge in [-0.1, -0.05) is 12.1 Å². The third-order valence-corrected chi connectivity index (χ3v) is 4.84. The number of piperazine rings is 1. The number of H-pyrrole nitrogens is 1. The first-order valence-electron chi connectivity index (χ1n) is 8.98. The maximum Gasteiger partial charge on any atom is 0.275 e. The van der Waals surface area contributed by atoms with Crippen LogP contribution in [-0.4, -0.2) is 45.4 Å². The number of carbonyl (C=O) groups excluding carboxylic acids is 1. The molecule has 0 spiro atoms. The largest absolute Gasteiger partial charge is 0.454 e. The zero-order valence-electron chi connectivity index (χ0n) is 14.7. The van der Waals surface area contributed by atoms with E-state index in [-0.39, 0.29) is 12.7 Å². The standard InChI is InChI=1S/C19H22N4O3/c24-19(21-12-15-4-5-16-17(11-15)26-14-25-16)13-22-7-9-23(10-8-22)18-3-1-2-6-20-18/h1-6,11H,7-10,12-14H2,(H,21,24)/p+2. The summed E-state index contributed by atoms with van der Waals surface area (Å²) in [5, 5.41) is 3.00. The monoisotopic (exact) mass is 356 g/mol. The van der Waals surface area contributed by atoms with Gasteiger partial charge in [0.05, 0.1) is 6.20 Å². The molecule has 0 unspecified atom stereocenters. The molecule has 3 N–H and O–H groups in total. The molecule has 1 saturated heterocycles. The first-order valence-corrected chi connectivity index (χ1v) is 8.98. The van der Waals surface area contributed by atoms with E-state index in [9.17, 15) is 4.79 Å². The number of anilines is 1. The van der Waals surface area contributed by atoms with E-state index in [1.165, 1.54) is 4.90 Å². The second-order valence-corrected chi connectivity index (χ2v) is 6.63. The van der Waals surface area contributed by atoms with Crippen LogP contribution in [0.5, 0.6) is 11.5 Å². The SMILES string of the molecule is O=C(C[NH+]1CCN(c2cccc[nH+]2)CC1)NCc1ccc2c(c1)OCO2. The molecule has 3 heterocycles. The molecule has 1 amide bonds. The smallest absolute Gasteiger partial charge is 0.275 e. The van der Waals surface area contributed by atoms with E-state index in [1.54, 1.807) is 0 Å². The number of benzene rings is 1. The van der Waals surface area contributed by atoms with Crippen molar-refractivity contribution in [1.82, 2.24) is 5.32 Å². The van der Waals surface area contributed by atoms with E-state index in [1.807, 2.05) is 36.5 Å². The Morgan fingerprint density at radius 3 is 2.81 bits per heavy atom. The van der Waals surface area contributed by atoms with Crippen molar-refractivity contribution in [3.63, 3.8) is 0 Å². The third-order valence-electron chi connectivity index (χ3n) is 4.84. The predicted molar refractivity (Wildman–Crippen MR) is 95.2 cm³/mol. The Morgan fingerprint density at radius 1 is 1.15 bits per heavy atom. The highest BCUT2D eigenvalue weighted by Gasteiger charge is 2.27. The second kappa shape index (κ2) is 7.61. The molecule has 0 saturated carbocycles. The lowest BCUT2D eigenvalue weighted by atomic mass is 10.2. The summed E-state index contributed by atoms with van der Waals surface area (Å²) < 4.78 is 10.7. The fourth-order valence-electron chi connectivity index (χ4n) is 3.36. The summed E-state index contributed by atoms with van der Waals surface area (Å²) in [6, 6.07) is 11.9. The van der Waals surface area contributed by atoms with Crippen LogP contribution in [0.15, 0.2) is 42.6 Å². The number of aromatic amines is 1. The summed E-state index contributed by atoms with van der Waals surface area (Å²) in [4.78, 5) is 19.2. The predicted octanol–water partition coefficient (Wildman–Crippen LogP) is -0.749. The maximum absolute atomic E-state index is 12.3. The average Bonchev–Trinajstić information content (AvgIpc) is 3.15. The molecule has 0 atom stereocenters. The molecule has 7 nitrogen and oxygen atoms in total. The number of quaternary nitrogens is 1. The maximum atomic E-state index is 12.3. The lowest BCUT2D eigenvalue weighted by Crippen LogP contribution is -3.16. The van der Waals surface area contributed by atoms with Crippen LogP contribution in [-0.2, 0) is 11.3 Å². The summed E-state index contributed by atoms with van der Waals surface area (Å²) in [5.41, 5.74) is 1.02. The van der Waals surface area contributed by atoms with Crippen LogP contribution in [0.2, 0.25) is 0 Å². The fourth-order valence-corrected chi connectivity index (χ4v) is 3.36. The number of hydrogen-bond acceptors (Lipinski definition) is 4. The molecule has 0 radical (unpaired) electrons. The highest BCUT2D eigenvalue weighted by Crippen LogP contribution is 2.32. The van der Waals surface area contributed by atoms with Crippen LogP contribution < -0.4 is 29.6 Å². The van der Waals surface area contributed by atoms with E-state index in [0.29, 0.717) is 13.1 Å². The molecule has 0 aliphatic carbocycles. The molecule has 136 valence electrons. The first-order chi connectivity index (χ1) is 12.8. The van der Waals surface area contributed by atoms with Crippen molar-refractivity contribution in [3.8, 4) is 11.5 Å². The summed E-state index contributed by atoms with van der Waals surface area (Å²) >= 11 is 0. The second-order valence-electron chi connectivity index (χ2n) is 6.63. The van der Waals surface area contributed by atoms with E-state index < -0.39 is 0 Å². The minimum absolute atomic E-state index is 0.0809. The Balaban J connectivity index is 1.22. The number of ether oxygens (including phenoxy) is 2. The van der Waals surface area contributed by atoms with Crippen molar-refractivity contribution < 1.29 is 24.2 Å². The van der Waals surface area contributed by atoms with Gasteiger partial charge in [0.2, 0.25) is 6.79 Å². The summed E-state index contributed by atoms with van der Waals surface area (Å²) in [6.07, 6.45) is 1.94. The van der Waals surface area contributed by atoms with E-state index in [2.05, 4.69) is 21.3 Å². The highest BCUT2D eigenvalue weighted by molar-refractivity contribution is 5.76. The normalized spacial score (nSPS) is 16.5. The molecule has 0 bridgehead atoms. The van der Waals surface area contributed by atoms with Gasteiger partial charge in [0.25, 0.3) is 11.7 Å². The van der Waals surface area contributed by atoms with Gasteiger partial charge in [-0.3, -0.25) is 9.69 Å². The molecular formula is C19H24N4O3+2. The van der Waals surface area contributed by atoms with E-state index >= 15 is 0 Å². The Morgan fingerprint density at radius 2 is 2.00 bits per heavy atom. The van der Waals surface area contributed by atoms with Crippen LogP contribution in [0.25, 0.3) is 0 Å². The number of pyridine rings is 1. The topological polar surface area (TPSA) is 69.4 Å². The van der Waals surface area contributed by atoms with Gasteiger partial charge in [-0.05, 0) is 23.8 Å². The fraction of sp³-hybridized carbons (Fsp3) is 0.368. The van der Waals surface area contributed by atoms with E-state index in [0.717, 1.165) is 49.1 Å². The van der Waals surface area contributed by atoms with Gasteiger partial charge in [0.1, 0.15) is 26.2 Å². The molecule has 1 fully saturated rings. The number of fused-ring (bicyclic) bond motifs is 1. The van der Waals surface area contributed by atoms with Crippen LogP contribution >= 0.6 is 0 Å². The van der Waals surface area contributed by atoms with Crippen molar-refractivity contribution in [2.45, 2.75) is 6.54 Å². The Bertz CT molecular complexity index is 761. The Labute approximate surface area is 152 Å². The van der Waals surface area contributed by atoms with Crippen molar-refractivity contribution in [2.75, 3.05) is 44.4 Å². The van der Waals surface area contributed by atoms with Crippen molar-refractivity contribution in [2.24, 2.45) is 0 Å². The highest BCUT2D eigenvalue weighted by atomic mass is 16.7. The molecule has 4 rings (SSSR count). The molecule has 2 aliphatic rings. The van der Waals surface area contributed by atoms with E-state index in [4.69, 9.17) is 9.47 Å². The molecule has 2 aliphatic heterocycles. The number of carbonyl (C=O) groups is 1. The minimum atomic E-state index is 0.0809. The Hall–Kier alpha value is -2.80. The van der Waals surface area contributed by atoms with Gasteiger partial charge in [-0.25, -0.2) is 4.98 Å². The average molecular weight is 356 g/mol. The zero-order valence-corrected chi connectivity index (χ0v) is 14.7. The lowest BCUT2D eigenvalue weighted by molar-refractivity contribution is -0.892. The number of nitrogens with zero attached hydrogens (tertiary/aromatic N) is 1. The van der Waals surface area contributed by atoms with Crippen molar-refractivity contribution >= 4 is 11.7 Å². The zero-order chi connectivity index (χ0) is 17.8. The van der Waals surface area contributed by atoms with Gasteiger partial charge in [-0.2, -0.15) is 0 Å². The Kier molecular flexibility index (Phi) is 4.88. The minimum Gasteiger partial charge on any atom is -0.454 e. The number of nitrogens with one attached hydrogen (secondary N) is 3. The van der Waals surface area contributed by atoms with Crippen LogP contribution in [0.4, 0.5) is 5.82 Å². The van der Waals surface area contributed by atoms with Gasteiger partial charge in [0, 0.05) is 12.6 Å². The quantitative estimate of drug-likeness (QED) is 0.740. The third kappa shape index (κ3) is 3.88.